The van der Waals surface area contributed by atoms with Crippen molar-refractivity contribution in [1.82, 2.24) is 4.98 Å². The third-order valence-corrected chi connectivity index (χ3v) is 3.56. The van der Waals surface area contributed by atoms with Crippen molar-refractivity contribution in [2.45, 2.75) is 17.5 Å². The number of hydrogen-bond donors (Lipinski definition) is 2. The molecule has 4 nitrogen and oxygen atoms in total. The first-order chi connectivity index (χ1) is 6.93. The van der Waals surface area contributed by atoms with Gasteiger partial charge < -0.3 is 11.5 Å². The summed E-state index contributed by atoms with van der Waals surface area (Å²) in [6.45, 7) is 1.58. The lowest BCUT2D eigenvalue weighted by Gasteiger charge is -2.19. The van der Waals surface area contributed by atoms with Crippen molar-refractivity contribution in [3.63, 3.8) is 0 Å². The van der Waals surface area contributed by atoms with Crippen LogP contribution in [0.4, 0.5) is 0 Å². The molecule has 0 saturated carbocycles. The van der Waals surface area contributed by atoms with E-state index in [1.165, 1.54) is 11.8 Å². The van der Waals surface area contributed by atoms with Crippen molar-refractivity contribution in [3.05, 3.63) is 23.4 Å². The maximum absolute atomic E-state index is 11.0. The van der Waals surface area contributed by atoms with Gasteiger partial charge in [0.2, 0.25) is 5.91 Å². The summed E-state index contributed by atoms with van der Waals surface area (Å²) in [6, 6.07) is 3.47. The molecule has 1 atom stereocenters. The summed E-state index contributed by atoms with van der Waals surface area (Å²) in [5.41, 5.74) is 9.78. The number of hydrogen-bond acceptors (Lipinski definition) is 4. The number of nitrogens with two attached hydrogens (primary N) is 2. The van der Waals surface area contributed by atoms with Crippen LogP contribution in [-0.2, 0) is 4.79 Å². The summed E-state index contributed by atoms with van der Waals surface area (Å²) < 4.78 is 0. The van der Waals surface area contributed by atoms with Gasteiger partial charge in [-0.25, -0.2) is 4.98 Å². The number of rotatable bonds is 4. The van der Waals surface area contributed by atoms with Crippen LogP contribution in [0.2, 0.25) is 5.02 Å². The molecule has 1 rings (SSSR count). The second-order valence-electron chi connectivity index (χ2n) is 3.36. The zero-order valence-corrected chi connectivity index (χ0v) is 9.81. The largest absolute Gasteiger partial charge is 0.368 e. The van der Waals surface area contributed by atoms with Gasteiger partial charge in [0.15, 0.2) is 0 Å². The lowest BCUT2D eigenvalue weighted by molar-refractivity contribution is -0.121. The second kappa shape index (κ2) is 4.83. The Labute approximate surface area is 97.4 Å². The van der Waals surface area contributed by atoms with Crippen LogP contribution in [0.25, 0.3) is 0 Å². The number of aromatic nitrogens is 1. The molecule has 0 fully saturated rings. The molecule has 0 aliphatic rings. The maximum atomic E-state index is 11.0. The van der Waals surface area contributed by atoms with Gasteiger partial charge in [0, 0.05) is 11.9 Å². The zero-order valence-electron chi connectivity index (χ0n) is 8.24. The Bertz CT molecular complexity index is 370. The molecule has 1 aromatic heterocycles. The minimum absolute atomic E-state index is 0.346. The maximum Gasteiger partial charge on any atom is 0.238 e. The van der Waals surface area contributed by atoms with E-state index in [-0.39, 0.29) is 0 Å². The van der Waals surface area contributed by atoms with E-state index in [1.807, 2.05) is 0 Å². The summed E-state index contributed by atoms with van der Waals surface area (Å²) in [7, 11) is 0. The SMILES string of the molecule is CC(N)(CSc1ncccc1Cl)C(N)=O. The molecule has 0 aromatic carbocycles. The van der Waals surface area contributed by atoms with Gasteiger partial charge in [-0.05, 0) is 19.1 Å². The monoisotopic (exact) mass is 245 g/mol. The van der Waals surface area contributed by atoms with Crippen LogP contribution < -0.4 is 11.5 Å². The van der Waals surface area contributed by atoms with Crippen molar-refractivity contribution < 1.29 is 4.79 Å². The van der Waals surface area contributed by atoms with Crippen molar-refractivity contribution in [2.24, 2.45) is 11.5 Å². The molecule has 0 radical (unpaired) electrons. The number of carbonyl (C=O) groups excluding carboxylic acids is 1. The standard InChI is InChI=1S/C9H12ClN3OS/c1-9(12,8(11)14)5-15-7-6(10)3-2-4-13-7/h2-4H,5,12H2,1H3,(H2,11,14). The second-order valence-corrected chi connectivity index (χ2v) is 4.73. The summed E-state index contributed by atoms with van der Waals surface area (Å²) >= 11 is 7.21. The average Bonchev–Trinajstić information content (AvgIpc) is 2.16. The smallest absolute Gasteiger partial charge is 0.238 e. The number of pyridine rings is 1. The normalized spacial score (nSPS) is 14.6. The highest BCUT2D eigenvalue weighted by Gasteiger charge is 2.26. The molecule has 0 spiro atoms. The van der Waals surface area contributed by atoms with Crippen LogP contribution in [0.3, 0.4) is 0 Å². The molecule has 1 unspecified atom stereocenters. The Morgan fingerprint density at radius 2 is 2.40 bits per heavy atom. The Kier molecular flexibility index (Phi) is 3.96. The fourth-order valence-corrected chi connectivity index (χ4v) is 1.97. The molecule has 1 heterocycles. The van der Waals surface area contributed by atoms with Gasteiger partial charge >= 0.3 is 0 Å². The first-order valence-corrected chi connectivity index (χ1v) is 5.62. The molecular formula is C9H12ClN3OS. The molecule has 82 valence electrons. The minimum Gasteiger partial charge on any atom is -0.368 e. The number of nitrogens with zero attached hydrogens (tertiary/aromatic N) is 1. The predicted molar refractivity (Wildman–Crippen MR) is 61.8 cm³/mol. The molecule has 1 aromatic rings. The topological polar surface area (TPSA) is 82.0 Å². The van der Waals surface area contributed by atoms with Crippen molar-refractivity contribution in [3.8, 4) is 0 Å². The van der Waals surface area contributed by atoms with Crippen molar-refractivity contribution >= 4 is 29.3 Å². The number of primary amides is 1. The van der Waals surface area contributed by atoms with Gasteiger partial charge in [0.25, 0.3) is 0 Å². The first kappa shape index (κ1) is 12.3. The van der Waals surface area contributed by atoms with Crippen LogP contribution >= 0.6 is 23.4 Å². The minimum atomic E-state index is -1.05. The summed E-state index contributed by atoms with van der Waals surface area (Å²) in [4.78, 5) is 15.0. The molecule has 4 N–H and O–H groups in total. The number of halogens is 1. The Hall–Kier alpha value is -0.780. The van der Waals surface area contributed by atoms with Gasteiger partial charge in [-0.2, -0.15) is 0 Å². The molecule has 0 bridgehead atoms. The number of carbonyl (C=O) groups is 1. The van der Waals surface area contributed by atoms with E-state index in [0.29, 0.717) is 15.8 Å². The Balaban J connectivity index is 2.66. The fourth-order valence-electron chi connectivity index (χ4n) is 0.767. The van der Waals surface area contributed by atoms with Crippen LogP contribution in [0.1, 0.15) is 6.92 Å². The summed E-state index contributed by atoms with van der Waals surface area (Å²) in [5, 5.41) is 1.19. The van der Waals surface area contributed by atoms with Crippen LogP contribution in [-0.4, -0.2) is 22.2 Å². The van der Waals surface area contributed by atoms with E-state index in [4.69, 9.17) is 23.1 Å². The highest BCUT2D eigenvalue weighted by Crippen LogP contribution is 2.26. The van der Waals surface area contributed by atoms with Gasteiger partial charge in [-0.15, -0.1) is 11.8 Å². The molecule has 1 amide bonds. The highest BCUT2D eigenvalue weighted by atomic mass is 35.5. The Morgan fingerprint density at radius 1 is 1.73 bits per heavy atom. The lowest BCUT2D eigenvalue weighted by Crippen LogP contribution is -2.51. The number of thioether (sulfide) groups is 1. The fraction of sp³-hybridized carbons (Fsp3) is 0.333. The van der Waals surface area contributed by atoms with Crippen molar-refractivity contribution in [2.75, 3.05) is 5.75 Å². The summed E-state index contributed by atoms with van der Waals surface area (Å²) in [5.74, 6) is -0.193. The quantitative estimate of drug-likeness (QED) is 0.777. The van der Waals surface area contributed by atoms with Gasteiger partial charge in [0.05, 0.1) is 5.02 Å². The van der Waals surface area contributed by atoms with E-state index >= 15 is 0 Å². The molecule has 0 saturated heterocycles. The van der Waals surface area contributed by atoms with Gasteiger partial charge in [-0.3, -0.25) is 4.79 Å². The van der Waals surface area contributed by atoms with Gasteiger partial charge in [0.1, 0.15) is 10.6 Å². The molecule has 15 heavy (non-hydrogen) atoms. The lowest BCUT2D eigenvalue weighted by atomic mass is 10.1. The Morgan fingerprint density at radius 3 is 2.93 bits per heavy atom. The molecular weight excluding hydrogens is 234 g/mol. The van der Waals surface area contributed by atoms with E-state index in [2.05, 4.69) is 4.98 Å². The first-order valence-electron chi connectivity index (χ1n) is 4.25. The average molecular weight is 246 g/mol. The van der Waals surface area contributed by atoms with Crippen LogP contribution in [0.5, 0.6) is 0 Å². The van der Waals surface area contributed by atoms with E-state index in [9.17, 15) is 4.79 Å². The molecule has 0 aliphatic carbocycles. The predicted octanol–water partition coefficient (Wildman–Crippen LogP) is 1.03. The number of amides is 1. The van der Waals surface area contributed by atoms with Gasteiger partial charge in [-0.1, -0.05) is 11.6 Å². The summed E-state index contributed by atoms with van der Waals surface area (Å²) in [6.07, 6.45) is 1.63. The van der Waals surface area contributed by atoms with Crippen LogP contribution in [0.15, 0.2) is 23.4 Å². The molecule has 0 aliphatic heterocycles. The molecule has 6 heteroatoms. The zero-order chi connectivity index (χ0) is 11.5. The van der Waals surface area contributed by atoms with E-state index in [1.54, 1.807) is 25.3 Å². The van der Waals surface area contributed by atoms with E-state index in [0.717, 1.165) is 0 Å². The third kappa shape index (κ3) is 3.37. The highest BCUT2D eigenvalue weighted by molar-refractivity contribution is 7.99. The van der Waals surface area contributed by atoms with E-state index < -0.39 is 11.4 Å². The van der Waals surface area contributed by atoms with Crippen LogP contribution in [0, 0.1) is 0 Å². The third-order valence-electron chi connectivity index (χ3n) is 1.80. The van der Waals surface area contributed by atoms with Crippen molar-refractivity contribution in [1.29, 1.82) is 0 Å².